The highest BCUT2D eigenvalue weighted by Gasteiger charge is 2.43. The van der Waals surface area contributed by atoms with Crippen LogP contribution < -0.4 is 10.4 Å². The fourth-order valence-corrected chi connectivity index (χ4v) is 4.62. The summed E-state index contributed by atoms with van der Waals surface area (Å²) >= 11 is 0. The molecule has 2 aliphatic carbocycles. The normalized spacial score (nSPS) is 16.3. The minimum atomic E-state index is -0.441. The highest BCUT2D eigenvalue weighted by Crippen LogP contribution is 2.47. The number of hydrogen-bond donors (Lipinski definition) is 0. The van der Waals surface area contributed by atoms with E-state index in [1.807, 2.05) is 6.07 Å². The van der Waals surface area contributed by atoms with Gasteiger partial charge < -0.3 is 4.90 Å². The first-order chi connectivity index (χ1) is 14.1. The van der Waals surface area contributed by atoms with Gasteiger partial charge in [-0.2, -0.15) is 0 Å². The summed E-state index contributed by atoms with van der Waals surface area (Å²) in [6.45, 7) is 2.08. The van der Waals surface area contributed by atoms with E-state index >= 15 is 0 Å². The van der Waals surface area contributed by atoms with Crippen LogP contribution in [0.2, 0.25) is 0 Å². The lowest BCUT2D eigenvalue weighted by Gasteiger charge is -2.47. The first-order valence-electron chi connectivity index (χ1n) is 10.4. The van der Waals surface area contributed by atoms with Crippen molar-refractivity contribution in [2.24, 2.45) is 0 Å². The van der Waals surface area contributed by atoms with Crippen molar-refractivity contribution < 1.29 is 0 Å². The van der Waals surface area contributed by atoms with Gasteiger partial charge in [-0.15, -0.1) is 0 Å². The van der Waals surface area contributed by atoms with Gasteiger partial charge in [-0.3, -0.25) is 0 Å². The molecule has 3 heteroatoms. The lowest BCUT2D eigenvalue weighted by atomic mass is 9.72. The number of nitrogens with zero attached hydrogens (tertiary/aromatic N) is 2. The van der Waals surface area contributed by atoms with E-state index < -0.39 is 5.54 Å². The molecule has 1 aromatic heterocycles. The van der Waals surface area contributed by atoms with Crippen LogP contribution in [0.25, 0.3) is 0 Å². The second-order valence-corrected chi connectivity index (χ2v) is 7.82. The van der Waals surface area contributed by atoms with E-state index in [0.29, 0.717) is 5.46 Å². The molecule has 0 bridgehead atoms. The molecule has 1 heterocycles. The standard InChI is InChI=1S/C26H27BN2/c1-20-18-24(27)19-28-25(20)29(2)26(21-12-6-3-7-13-21,22-14-8-4-9-15-22)23-16-10-5-11-17-23/h3,6-8,10,12-19H,4-5,9,11H2,1-2H3. The SMILES string of the molecule is [B]c1cnc(N(C)C(C2=CCCC=C2)(C2=CCCC=C2)c2ccccc2)c(C)c1. The predicted octanol–water partition coefficient (Wildman–Crippen LogP) is 5.07. The summed E-state index contributed by atoms with van der Waals surface area (Å²) in [4.78, 5) is 7.09. The van der Waals surface area contributed by atoms with Crippen molar-refractivity contribution in [1.82, 2.24) is 4.98 Å². The molecule has 2 nitrogen and oxygen atoms in total. The van der Waals surface area contributed by atoms with Gasteiger partial charge in [0.05, 0.1) is 0 Å². The van der Waals surface area contributed by atoms with E-state index in [0.717, 1.165) is 37.1 Å². The smallest absolute Gasteiger partial charge is 0.132 e. The third-order valence-electron chi connectivity index (χ3n) is 5.91. The molecule has 144 valence electrons. The van der Waals surface area contributed by atoms with Gasteiger partial charge in [-0.05, 0) is 54.9 Å². The number of aromatic nitrogens is 1. The van der Waals surface area contributed by atoms with Gasteiger partial charge in [0.15, 0.2) is 0 Å². The van der Waals surface area contributed by atoms with Crippen LogP contribution in [0.1, 0.15) is 36.8 Å². The highest BCUT2D eigenvalue weighted by atomic mass is 15.2. The summed E-state index contributed by atoms with van der Waals surface area (Å²) in [6.07, 6.45) is 20.0. The minimum absolute atomic E-state index is 0.441. The van der Waals surface area contributed by atoms with Crippen LogP contribution in [0, 0.1) is 6.92 Å². The van der Waals surface area contributed by atoms with Gasteiger partial charge in [0.2, 0.25) is 0 Å². The summed E-state index contributed by atoms with van der Waals surface area (Å²) in [6, 6.07) is 12.8. The molecular weight excluding hydrogens is 351 g/mol. The Bertz CT molecular complexity index is 967. The Morgan fingerprint density at radius 2 is 1.55 bits per heavy atom. The van der Waals surface area contributed by atoms with Gasteiger partial charge in [0.25, 0.3) is 0 Å². The third kappa shape index (κ3) is 3.50. The van der Waals surface area contributed by atoms with Crippen molar-refractivity contribution in [3.63, 3.8) is 0 Å². The quantitative estimate of drug-likeness (QED) is 0.676. The molecular formula is C26H27BN2. The average Bonchev–Trinajstić information content (AvgIpc) is 2.76. The maximum atomic E-state index is 6.01. The molecule has 1 aromatic carbocycles. The number of rotatable bonds is 5. The van der Waals surface area contributed by atoms with Crippen molar-refractivity contribution in [3.8, 4) is 0 Å². The summed E-state index contributed by atoms with van der Waals surface area (Å²) in [7, 11) is 8.17. The first kappa shape index (κ1) is 19.5. The maximum Gasteiger partial charge on any atom is 0.132 e. The van der Waals surface area contributed by atoms with Crippen LogP contribution in [-0.4, -0.2) is 19.9 Å². The Kier molecular flexibility index (Phi) is 5.57. The van der Waals surface area contributed by atoms with Gasteiger partial charge in [0.1, 0.15) is 19.2 Å². The predicted molar refractivity (Wildman–Crippen MR) is 124 cm³/mol. The van der Waals surface area contributed by atoms with Crippen molar-refractivity contribution in [1.29, 1.82) is 0 Å². The molecule has 4 rings (SSSR count). The van der Waals surface area contributed by atoms with E-state index in [1.165, 1.54) is 16.7 Å². The first-order valence-corrected chi connectivity index (χ1v) is 10.4. The summed E-state index contributed by atoms with van der Waals surface area (Å²) < 4.78 is 0. The van der Waals surface area contributed by atoms with E-state index in [4.69, 9.17) is 12.8 Å². The molecule has 2 aromatic rings. The van der Waals surface area contributed by atoms with Crippen molar-refractivity contribution in [3.05, 3.63) is 101 Å². The van der Waals surface area contributed by atoms with Gasteiger partial charge >= 0.3 is 0 Å². The number of aryl methyl sites for hydroxylation is 1. The third-order valence-corrected chi connectivity index (χ3v) is 5.91. The van der Waals surface area contributed by atoms with Crippen molar-refractivity contribution in [2.75, 3.05) is 11.9 Å². The van der Waals surface area contributed by atoms with E-state index in [-0.39, 0.29) is 0 Å². The van der Waals surface area contributed by atoms with Crippen LogP contribution in [0.3, 0.4) is 0 Å². The van der Waals surface area contributed by atoms with Gasteiger partial charge in [0, 0.05) is 13.2 Å². The summed E-state index contributed by atoms with van der Waals surface area (Å²) in [5, 5.41) is 0. The van der Waals surface area contributed by atoms with Crippen LogP contribution in [0.4, 0.5) is 5.82 Å². The fourth-order valence-electron chi connectivity index (χ4n) is 4.62. The number of pyridine rings is 1. The zero-order valence-electron chi connectivity index (χ0n) is 17.3. The summed E-state index contributed by atoms with van der Waals surface area (Å²) in [5.41, 5.74) is 5.17. The number of hydrogen-bond acceptors (Lipinski definition) is 2. The van der Waals surface area contributed by atoms with Crippen molar-refractivity contribution >= 4 is 19.1 Å². The molecule has 0 N–H and O–H groups in total. The maximum absolute atomic E-state index is 6.01. The lowest BCUT2D eigenvalue weighted by molar-refractivity contribution is 0.580. The second kappa shape index (κ2) is 8.28. The monoisotopic (exact) mass is 378 g/mol. The molecule has 0 amide bonds. The Morgan fingerprint density at radius 1 is 0.931 bits per heavy atom. The molecule has 0 unspecified atom stereocenters. The lowest BCUT2D eigenvalue weighted by Crippen LogP contribution is -2.48. The second-order valence-electron chi connectivity index (χ2n) is 7.82. The van der Waals surface area contributed by atoms with Gasteiger partial charge in [-0.25, -0.2) is 4.98 Å². The summed E-state index contributed by atoms with van der Waals surface area (Å²) in [5.74, 6) is 0.947. The number of allylic oxidation sites excluding steroid dienone is 4. The minimum Gasteiger partial charge on any atom is -0.342 e. The Morgan fingerprint density at radius 3 is 2.07 bits per heavy atom. The molecule has 0 aliphatic heterocycles. The Balaban J connectivity index is 2.01. The molecule has 2 radical (unpaired) electrons. The van der Waals surface area contributed by atoms with E-state index in [9.17, 15) is 0 Å². The molecule has 29 heavy (non-hydrogen) atoms. The highest BCUT2D eigenvalue weighted by molar-refractivity contribution is 6.32. The Hall–Kier alpha value is -2.81. The topological polar surface area (TPSA) is 16.1 Å². The molecule has 0 saturated heterocycles. The van der Waals surface area contributed by atoms with Crippen LogP contribution in [-0.2, 0) is 5.54 Å². The number of anilines is 1. The Labute approximate surface area is 175 Å². The zero-order chi connectivity index (χ0) is 20.3. The molecule has 0 spiro atoms. The fraction of sp³-hybridized carbons (Fsp3) is 0.269. The van der Waals surface area contributed by atoms with E-state index in [1.54, 1.807) is 6.20 Å². The van der Waals surface area contributed by atoms with E-state index in [2.05, 4.69) is 85.7 Å². The zero-order valence-corrected chi connectivity index (χ0v) is 17.3. The van der Waals surface area contributed by atoms with Crippen LogP contribution in [0.5, 0.6) is 0 Å². The number of likely N-dealkylation sites (N-methyl/N-ethyl adjacent to an activating group) is 1. The average molecular weight is 378 g/mol. The van der Waals surface area contributed by atoms with Crippen LogP contribution in [0.15, 0.2) is 90.2 Å². The number of benzene rings is 1. The van der Waals surface area contributed by atoms with Crippen molar-refractivity contribution in [2.45, 2.75) is 38.1 Å². The molecule has 0 atom stereocenters. The van der Waals surface area contributed by atoms with Gasteiger partial charge in [-0.1, -0.05) is 78.3 Å². The molecule has 0 fully saturated rings. The van der Waals surface area contributed by atoms with Crippen LogP contribution >= 0.6 is 0 Å². The molecule has 2 aliphatic rings. The largest absolute Gasteiger partial charge is 0.342 e. The molecule has 0 saturated carbocycles.